The van der Waals surface area contributed by atoms with Crippen LogP contribution < -0.4 is 5.17 Å². The van der Waals surface area contributed by atoms with Crippen LogP contribution in [0.4, 0.5) is 11.4 Å². The molecule has 80 valence electrons. The highest BCUT2D eigenvalue weighted by Gasteiger charge is 2.08. The van der Waals surface area contributed by atoms with E-state index < -0.39 is 4.92 Å². The summed E-state index contributed by atoms with van der Waals surface area (Å²) in [5.74, 6) is 0. The number of benzene rings is 1. The van der Waals surface area contributed by atoms with E-state index in [2.05, 4.69) is 5.10 Å². The number of hydrogen-bond acceptors (Lipinski definition) is 5. The van der Waals surface area contributed by atoms with Crippen molar-refractivity contribution < 1.29 is 10.1 Å². The average molecular weight is 209 g/mol. The Morgan fingerprint density at radius 1 is 1.67 bits per heavy atom. The van der Waals surface area contributed by atoms with E-state index in [-0.39, 0.29) is 11.4 Å². The average Bonchev–Trinajstić information content (AvgIpc) is 2.26. The van der Waals surface area contributed by atoms with Gasteiger partial charge in [-0.3, -0.25) is 15.3 Å². The number of nitrogens with zero attached hydrogens (tertiary/aromatic N) is 3. The fraction of sp³-hybridized carbons (Fsp3) is 0.222. The second kappa shape index (κ2) is 5.06. The SMILES string of the molecule is CCC=NN(O)c1cccc([N+](=O)[O-])c1. The molecule has 0 radical (unpaired) electrons. The van der Waals surface area contributed by atoms with E-state index in [4.69, 9.17) is 0 Å². The molecule has 0 atom stereocenters. The van der Waals surface area contributed by atoms with Gasteiger partial charge in [0, 0.05) is 18.3 Å². The van der Waals surface area contributed by atoms with Crippen molar-refractivity contribution in [3.63, 3.8) is 0 Å². The molecule has 1 N–H and O–H groups in total. The van der Waals surface area contributed by atoms with Crippen LogP contribution in [0.3, 0.4) is 0 Å². The maximum atomic E-state index is 10.5. The van der Waals surface area contributed by atoms with Crippen molar-refractivity contribution in [1.29, 1.82) is 0 Å². The Morgan fingerprint density at radius 3 is 3.00 bits per heavy atom. The van der Waals surface area contributed by atoms with E-state index in [0.717, 1.165) is 0 Å². The molecule has 0 aliphatic carbocycles. The van der Waals surface area contributed by atoms with Crippen molar-refractivity contribution in [1.82, 2.24) is 0 Å². The molecule has 0 aliphatic heterocycles. The van der Waals surface area contributed by atoms with Gasteiger partial charge in [0.05, 0.1) is 10.6 Å². The van der Waals surface area contributed by atoms with Crippen LogP contribution in [0.25, 0.3) is 0 Å². The zero-order valence-corrected chi connectivity index (χ0v) is 8.20. The third-order valence-corrected chi connectivity index (χ3v) is 1.65. The quantitative estimate of drug-likeness (QED) is 0.468. The second-order valence-electron chi connectivity index (χ2n) is 2.77. The summed E-state index contributed by atoms with van der Waals surface area (Å²) in [6.07, 6.45) is 2.17. The smallest absolute Gasteiger partial charge is 0.267 e. The summed E-state index contributed by atoms with van der Waals surface area (Å²) in [5, 5.41) is 24.1. The molecule has 0 fully saturated rings. The van der Waals surface area contributed by atoms with E-state index in [1.54, 1.807) is 0 Å². The van der Waals surface area contributed by atoms with Crippen molar-refractivity contribution in [2.75, 3.05) is 5.17 Å². The summed E-state index contributed by atoms with van der Waals surface area (Å²) in [7, 11) is 0. The number of hydrazone groups is 1. The number of nitro benzene ring substituents is 1. The molecular formula is C9H11N3O3. The number of non-ortho nitro benzene ring substituents is 1. The molecule has 6 heteroatoms. The standard InChI is InChI=1S/C9H11N3O3/c1-2-6-10-11(13)8-4-3-5-9(7-8)12(14)15/h3-7,13H,2H2,1H3. The zero-order chi connectivity index (χ0) is 11.3. The monoisotopic (exact) mass is 209 g/mol. The van der Waals surface area contributed by atoms with E-state index in [1.807, 2.05) is 6.92 Å². The molecule has 15 heavy (non-hydrogen) atoms. The van der Waals surface area contributed by atoms with Crippen molar-refractivity contribution in [3.05, 3.63) is 34.4 Å². The van der Waals surface area contributed by atoms with Gasteiger partial charge in [-0.1, -0.05) is 13.0 Å². The van der Waals surface area contributed by atoms with E-state index in [1.165, 1.54) is 30.5 Å². The van der Waals surface area contributed by atoms with E-state index in [0.29, 0.717) is 11.6 Å². The Bertz CT molecular complexity index is 379. The predicted molar refractivity (Wildman–Crippen MR) is 56.1 cm³/mol. The van der Waals surface area contributed by atoms with Gasteiger partial charge in [-0.05, 0) is 12.5 Å². The van der Waals surface area contributed by atoms with Gasteiger partial charge in [-0.2, -0.15) is 5.10 Å². The molecule has 0 aliphatic rings. The molecular weight excluding hydrogens is 198 g/mol. The molecule has 0 amide bonds. The van der Waals surface area contributed by atoms with Gasteiger partial charge in [0.25, 0.3) is 5.69 Å². The summed E-state index contributed by atoms with van der Waals surface area (Å²) in [6, 6.07) is 5.60. The van der Waals surface area contributed by atoms with Crippen LogP contribution in [0, 0.1) is 10.1 Å². The molecule has 0 bridgehead atoms. The molecule has 0 saturated carbocycles. The Hall–Kier alpha value is -1.95. The van der Waals surface area contributed by atoms with Crippen LogP contribution in [0.2, 0.25) is 0 Å². The van der Waals surface area contributed by atoms with Crippen LogP contribution in [-0.4, -0.2) is 16.3 Å². The third kappa shape index (κ3) is 3.03. The van der Waals surface area contributed by atoms with Gasteiger partial charge in [0.2, 0.25) is 0 Å². The fourth-order valence-corrected chi connectivity index (χ4v) is 0.957. The fourth-order valence-electron chi connectivity index (χ4n) is 0.957. The second-order valence-corrected chi connectivity index (χ2v) is 2.77. The van der Waals surface area contributed by atoms with Gasteiger partial charge < -0.3 is 0 Å². The summed E-state index contributed by atoms with van der Waals surface area (Å²) in [4.78, 5) is 9.93. The normalized spacial score (nSPS) is 10.5. The Balaban J connectivity index is 2.90. The minimum absolute atomic E-state index is 0.0850. The number of rotatable bonds is 4. The minimum atomic E-state index is -0.527. The molecule has 0 heterocycles. The van der Waals surface area contributed by atoms with Gasteiger partial charge in [0.15, 0.2) is 0 Å². The minimum Gasteiger partial charge on any atom is -0.267 e. The largest absolute Gasteiger partial charge is 0.271 e. The molecule has 6 nitrogen and oxygen atoms in total. The first kappa shape index (κ1) is 11.1. The van der Waals surface area contributed by atoms with Crippen LogP contribution in [0.1, 0.15) is 13.3 Å². The first-order valence-electron chi connectivity index (χ1n) is 4.41. The molecule has 0 aromatic heterocycles. The van der Waals surface area contributed by atoms with Gasteiger partial charge in [-0.15, -0.1) is 5.17 Å². The van der Waals surface area contributed by atoms with Crippen molar-refractivity contribution in [2.45, 2.75) is 13.3 Å². The van der Waals surface area contributed by atoms with Crippen molar-refractivity contribution in [3.8, 4) is 0 Å². The van der Waals surface area contributed by atoms with Crippen LogP contribution in [0.5, 0.6) is 0 Å². The Kier molecular flexibility index (Phi) is 3.75. The number of nitro groups is 1. The summed E-state index contributed by atoms with van der Waals surface area (Å²) in [5.41, 5.74) is 0.173. The molecule has 1 aromatic carbocycles. The Morgan fingerprint density at radius 2 is 2.40 bits per heavy atom. The first-order valence-corrected chi connectivity index (χ1v) is 4.41. The predicted octanol–water partition coefficient (Wildman–Crippen LogP) is 2.19. The molecule has 0 spiro atoms. The van der Waals surface area contributed by atoms with E-state index >= 15 is 0 Å². The van der Waals surface area contributed by atoms with Crippen LogP contribution in [-0.2, 0) is 0 Å². The number of anilines is 1. The lowest BCUT2D eigenvalue weighted by Crippen LogP contribution is -2.09. The lowest BCUT2D eigenvalue weighted by atomic mass is 10.3. The van der Waals surface area contributed by atoms with E-state index in [9.17, 15) is 15.3 Å². The zero-order valence-electron chi connectivity index (χ0n) is 8.20. The van der Waals surface area contributed by atoms with Gasteiger partial charge in [0.1, 0.15) is 0 Å². The highest BCUT2D eigenvalue weighted by molar-refractivity contribution is 5.60. The maximum absolute atomic E-state index is 10.5. The highest BCUT2D eigenvalue weighted by atomic mass is 16.6. The maximum Gasteiger partial charge on any atom is 0.271 e. The summed E-state index contributed by atoms with van der Waals surface area (Å²) < 4.78 is 0. The topological polar surface area (TPSA) is 79.0 Å². The lowest BCUT2D eigenvalue weighted by molar-refractivity contribution is -0.384. The van der Waals surface area contributed by atoms with Gasteiger partial charge >= 0.3 is 0 Å². The van der Waals surface area contributed by atoms with Gasteiger partial charge in [-0.25, -0.2) is 0 Å². The van der Waals surface area contributed by atoms with Crippen molar-refractivity contribution >= 4 is 17.6 Å². The molecule has 0 saturated heterocycles. The third-order valence-electron chi connectivity index (χ3n) is 1.65. The van der Waals surface area contributed by atoms with Crippen LogP contribution >= 0.6 is 0 Å². The van der Waals surface area contributed by atoms with Crippen LogP contribution in [0.15, 0.2) is 29.4 Å². The first-order chi connectivity index (χ1) is 7.15. The lowest BCUT2D eigenvalue weighted by Gasteiger charge is -2.09. The summed E-state index contributed by atoms with van der Waals surface area (Å²) in [6.45, 7) is 1.87. The molecule has 1 aromatic rings. The van der Waals surface area contributed by atoms with Crippen molar-refractivity contribution in [2.24, 2.45) is 5.10 Å². The molecule has 1 rings (SSSR count). The number of hydrogen-bond donors (Lipinski definition) is 1. The Labute approximate surface area is 86.6 Å². The molecule has 0 unspecified atom stereocenters. The summed E-state index contributed by atoms with van der Waals surface area (Å²) >= 11 is 0. The highest BCUT2D eigenvalue weighted by Crippen LogP contribution is 2.19.